The molecule has 4 rings (SSSR count). The summed E-state index contributed by atoms with van der Waals surface area (Å²) in [7, 11) is 3.55. The molecule has 0 saturated heterocycles. The van der Waals surface area contributed by atoms with Crippen molar-refractivity contribution in [2.45, 2.75) is 45.4 Å². The van der Waals surface area contributed by atoms with Crippen LogP contribution in [-0.4, -0.2) is 58.8 Å². The van der Waals surface area contributed by atoms with Gasteiger partial charge < -0.3 is 19.3 Å². The van der Waals surface area contributed by atoms with Gasteiger partial charge >= 0.3 is 0 Å². The summed E-state index contributed by atoms with van der Waals surface area (Å²) in [6.07, 6.45) is 2.00. The lowest BCUT2D eigenvalue weighted by Gasteiger charge is -2.26. The fourth-order valence-corrected chi connectivity index (χ4v) is 4.17. The molecule has 1 fully saturated rings. The van der Waals surface area contributed by atoms with Gasteiger partial charge in [-0.25, -0.2) is 4.68 Å². The van der Waals surface area contributed by atoms with E-state index in [1.165, 1.54) is 12.8 Å². The molecule has 0 bridgehead atoms. The molecular formula is C28H37N3O4. The fraction of sp³-hybridized carbons (Fsp3) is 0.464. The van der Waals surface area contributed by atoms with Crippen LogP contribution >= 0.6 is 0 Å². The molecule has 1 aromatic heterocycles. The van der Waals surface area contributed by atoms with Crippen molar-refractivity contribution in [3.63, 3.8) is 0 Å². The zero-order chi connectivity index (χ0) is 24.8. The summed E-state index contributed by atoms with van der Waals surface area (Å²) >= 11 is 0. The first kappa shape index (κ1) is 25.2. The van der Waals surface area contributed by atoms with E-state index in [-0.39, 0.29) is 6.10 Å². The van der Waals surface area contributed by atoms with Crippen LogP contribution in [0.1, 0.15) is 32.3 Å². The van der Waals surface area contributed by atoms with Gasteiger partial charge in [-0.05, 0) is 44.7 Å². The molecule has 7 nitrogen and oxygen atoms in total. The molecule has 1 atom stereocenters. The smallest absolute Gasteiger partial charge is 0.222 e. The lowest BCUT2D eigenvalue weighted by Crippen LogP contribution is -2.36. The van der Waals surface area contributed by atoms with Crippen LogP contribution in [0, 0.1) is 5.92 Å². The Bertz CT molecular complexity index is 1080. The van der Waals surface area contributed by atoms with Crippen LogP contribution in [0.25, 0.3) is 11.3 Å². The van der Waals surface area contributed by atoms with E-state index in [1.807, 2.05) is 63.4 Å². The van der Waals surface area contributed by atoms with Crippen LogP contribution in [0.3, 0.4) is 0 Å². The van der Waals surface area contributed by atoms with Gasteiger partial charge in [0.25, 0.3) is 0 Å². The summed E-state index contributed by atoms with van der Waals surface area (Å²) in [5, 5.41) is 15.6. The number of hydrogen-bond donors (Lipinski definition) is 1. The van der Waals surface area contributed by atoms with E-state index in [0.717, 1.165) is 29.1 Å². The minimum Gasteiger partial charge on any atom is -0.497 e. The van der Waals surface area contributed by atoms with Crippen LogP contribution < -0.4 is 9.47 Å². The van der Waals surface area contributed by atoms with Gasteiger partial charge in [0.2, 0.25) is 5.88 Å². The molecule has 1 heterocycles. The molecule has 0 spiro atoms. The van der Waals surface area contributed by atoms with Gasteiger partial charge in [0.1, 0.15) is 17.2 Å². The maximum absolute atomic E-state index is 10.7. The first-order chi connectivity index (χ1) is 16.9. The number of aliphatic hydroxyl groups excluding tert-OH is 1. The molecule has 188 valence electrons. The molecule has 1 saturated carbocycles. The summed E-state index contributed by atoms with van der Waals surface area (Å²) in [5.74, 6) is 2.78. The Hall–Kier alpha value is -2.87. The van der Waals surface area contributed by atoms with Gasteiger partial charge in [0, 0.05) is 38.3 Å². The predicted molar refractivity (Wildman–Crippen MR) is 137 cm³/mol. The summed E-state index contributed by atoms with van der Waals surface area (Å²) < 4.78 is 19.2. The van der Waals surface area contributed by atoms with Crippen molar-refractivity contribution in [1.29, 1.82) is 0 Å². The van der Waals surface area contributed by atoms with Crippen molar-refractivity contribution in [3.05, 3.63) is 60.2 Å². The minimum absolute atomic E-state index is 0.0902. The molecule has 0 aliphatic heterocycles. The highest BCUT2D eigenvalue weighted by molar-refractivity contribution is 5.65. The molecular weight excluding hydrogens is 442 g/mol. The second-order valence-corrected chi connectivity index (χ2v) is 9.58. The molecule has 2 aromatic carbocycles. The quantitative estimate of drug-likeness (QED) is 0.377. The fourth-order valence-electron chi connectivity index (χ4n) is 4.17. The van der Waals surface area contributed by atoms with Gasteiger partial charge in [-0.1, -0.05) is 36.4 Å². The van der Waals surface area contributed by atoms with Crippen molar-refractivity contribution in [2.75, 3.05) is 26.8 Å². The number of benzene rings is 2. The molecule has 1 aliphatic carbocycles. The maximum atomic E-state index is 10.7. The monoisotopic (exact) mass is 479 g/mol. The van der Waals surface area contributed by atoms with Crippen LogP contribution in [0.5, 0.6) is 17.4 Å². The van der Waals surface area contributed by atoms with Gasteiger partial charge in [-0.15, -0.1) is 0 Å². The van der Waals surface area contributed by atoms with Crippen LogP contribution in [0.2, 0.25) is 0 Å². The number of aryl methyl sites for hydroxylation is 1. The summed E-state index contributed by atoms with van der Waals surface area (Å²) in [4.78, 5) is 2.31. The third-order valence-electron chi connectivity index (χ3n) is 6.08. The Morgan fingerprint density at radius 1 is 1.09 bits per heavy atom. The Kier molecular flexibility index (Phi) is 8.44. The van der Waals surface area contributed by atoms with Gasteiger partial charge in [0.05, 0.1) is 31.5 Å². The average Bonchev–Trinajstić information content (AvgIpc) is 3.62. The number of hydrogen-bond acceptors (Lipinski definition) is 6. The van der Waals surface area contributed by atoms with Crippen LogP contribution in [0.4, 0.5) is 0 Å². The predicted octanol–water partition coefficient (Wildman–Crippen LogP) is 4.89. The number of ether oxygens (including phenoxy) is 3. The average molecular weight is 480 g/mol. The molecule has 7 heteroatoms. The molecule has 35 heavy (non-hydrogen) atoms. The highest BCUT2D eigenvalue weighted by atomic mass is 16.5. The van der Waals surface area contributed by atoms with E-state index in [2.05, 4.69) is 17.0 Å². The third kappa shape index (κ3) is 7.07. The van der Waals surface area contributed by atoms with Crippen molar-refractivity contribution in [2.24, 2.45) is 13.0 Å². The van der Waals surface area contributed by atoms with Crippen molar-refractivity contribution in [3.8, 4) is 28.6 Å². The Morgan fingerprint density at radius 2 is 1.83 bits per heavy atom. The molecule has 3 aromatic rings. The zero-order valence-corrected chi connectivity index (χ0v) is 21.2. The van der Waals surface area contributed by atoms with E-state index in [0.29, 0.717) is 37.2 Å². The molecule has 0 radical (unpaired) electrons. The maximum Gasteiger partial charge on any atom is 0.222 e. The third-order valence-corrected chi connectivity index (χ3v) is 6.08. The topological polar surface area (TPSA) is 69.0 Å². The Morgan fingerprint density at radius 3 is 2.51 bits per heavy atom. The van der Waals surface area contributed by atoms with Crippen molar-refractivity contribution < 1.29 is 19.3 Å². The van der Waals surface area contributed by atoms with Crippen LogP contribution in [-0.2, 0) is 18.3 Å². The second kappa shape index (κ2) is 11.7. The van der Waals surface area contributed by atoms with Gasteiger partial charge in [-0.3, -0.25) is 4.90 Å². The summed E-state index contributed by atoms with van der Waals surface area (Å²) in [6, 6.07) is 17.8. The zero-order valence-electron chi connectivity index (χ0n) is 21.2. The number of methoxy groups -OCH3 is 1. The van der Waals surface area contributed by atoms with Gasteiger partial charge in [-0.2, -0.15) is 5.10 Å². The van der Waals surface area contributed by atoms with Crippen molar-refractivity contribution in [1.82, 2.24) is 14.7 Å². The normalized spacial score (nSPS) is 14.5. The largest absolute Gasteiger partial charge is 0.497 e. The Labute approximate surface area is 208 Å². The van der Waals surface area contributed by atoms with Crippen LogP contribution in [0.15, 0.2) is 54.6 Å². The number of aromatic nitrogens is 2. The van der Waals surface area contributed by atoms with E-state index in [4.69, 9.17) is 19.3 Å². The molecule has 0 unspecified atom stereocenters. The highest BCUT2D eigenvalue weighted by Crippen LogP contribution is 2.36. The molecule has 1 N–H and O–H groups in total. The standard InChI is InChI=1S/C28H37N3O4/c1-20(2)34-19-23(32)17-31(16-21-13-14-21)18-26-27(22-9-6-5-7-10-22)29-30(3)28(26)35-25-12-8-11-24(15-25)33-4/h5-12,15,20-21,23,32H,13-14,16-19H2,1-4H3/t23-/m1/s1. The Balaban J connectivity index is 1.65. The number of rotatable bonds is 13. The van der Waals surface area contributed by atoms with Gasteiger partial charge in [0.15, 0.2) is 0 Å². The first-order valence-electron chi connectivity index (χ1n) is 12.4. The van der Waals surface area contributed by atoms with E-state index < -0.39 is 6.10 Å². The highest BCUT2D eigenvalue weighted by Gasteiger charge is 2.28. The van der Waals surface area contributed by atoms with E-state index in [1.54, 1.807) is 11.8 Å². The minimum atomic E-state index is -0.559. The molecule has 0 amide bonds. The number of aliphatic hydroxyl groups is 1. The van der Waals surface area contributed by atoms with Crippen molar-refractivity contribution >= 4 is 0 Å². The number of nitrogens with zero attached hydrogens (tertiary/aromatic N) is 3. The molecule has 1 aliphatic rings. The van der Waals surface area contributed by atoms with E-state index in [9.17, 15) is 5.11 Å². The lowest BCUT2D eigenvalue weighted by atomic mass is 10.1. The summed E-state index contributed by atoms with van der Waals surface area (Å²) in [6.45, 7) is 6.37. The first-order valence-corrected chi connectivity index (χ1v) is 12.4. The SMILES string of the molecule is COc1cccc(Oc2c(CN(CC3CC3)C[C@@H](O)COC(C)C)c(-c3ccccc3)nn2C)c1. The second-order valence-electron chi connectivity index (χ2n) is 9.58. The van der Waals surface area contributed by atoms with E-state index >= 15 is 0 Å². The summed E-state index contributed by atoms with van der Waals surface area (Å²) in [5.41, 5.74) is 2.92. The lowest BCUT2D eigenvalue weighted by molar-refractivity contribution is -0.0101.